The van der Waals surface area contributed by atoms with Crippen LogP contribution in [0.2, 0.25) is 0 Å². The molecule has 0 aliphatic carbocycles. The van der Waals surface area contributed by atoms with Crippen molar-refractivity contribution in [2.45, 2.75) is 38.6 Å². The summed E-state index contributed by atoms with van der Waals surface area (Å²) in [5.74, 6) is 0. The third-order valence-electron chi connectivity index (χ3n) is 2.57. The lowest BCUT2D eigenvalue weighted by molar-refractivity contribution is 0.175. The van der Waals surface area contributed by atoms with E-state index in [-0.39, 0.29) is 0 Å². The summed E-state index contributed by atoms with van der Waals surface area (Å²) < 4.78 is 2.59. The van der Waals surface area contributed by atoms with Gasteiger partial charge in [-0.1, -0.05) is 6.42 Å². The minimum Gasteiger partial charge on any atom is -0.327 e. The van der Waals surface area contributed by atoms with Gasteiger partial charge in [0.1, 0.15) is 0 Å². The van der Waals surface area contributed by atoms with Crippen LogP contribution in [0.15, 0.2) is 0 Å². The van der Waals surface area contributed by atoms with Crippen molar-refractivity contribution in [3.63, 3.8) is 0 Å². The summed E-state index contributed by atoms with van der Waals surface area (Å²) in [6.45, 7) is 6.07. The summed E-state index contributed by atoms with van der Waals surface area (Å²) >= 11 is 0. The smallest absolute Gasteiger partial charge is 0.0791 e. The zero-order valence-corrected chi connectivity index (χ0v) is 8.78. The highest BCUT2D eigenvalue weighted by molar-refractivity contribution is 6.04. The molecule has 54 valence electrons. The van der Waals surface area contributed by atoms with E-state index in [2.05, 4.69) is 18.4 Å². The summed E-state index contributed by atoms with van der Waals surface area (Å²) in [6.07, 6.45) is 4.26. The number of rotatable bonds is 0. The fraction of sp³-hybridized carbons (Fsp3) is 1.00. The van der Waals surface area contributed by atoms with Gasteiger partial charge in [0, 0.05) is 5.54 Å². The van der Waals surface area contributed by atoms with Gasteiger partial charge in [-0.2, -0.15) is 0 Å². The number of nitrogens with zero attached hydrogens (tertiary/aromatic N) is 1. The molecule has 0 N–H and O–H groups in total. The molecule has 1 aliphatic rings. The van der Waals surface area contributed by atoms with Crippen LogP contribution in [0.1, 0.15) is 33.1 Å². The number of hydrogen-bond acceptors (Lipinski definition) is 1. The van der Waals surface area contributed by atoms with Crippen molar-refractivity contribution in [1.82, 2.24) is 4.57 Å². The van der Waals surface area contributed by atoms with Gasteiger partial charge in [-0.05, 0) is 33.2 Å². The summed E-state index contributed by atoms with van der Waals surface area (Å²) in [5.41, 5.74) is 0.532. The molecule has 1 nitrogen and oxygen atoms in total. The Hall–Kier alpha value is 0.177. The summed E-state index contributed by atoms with van der Waals surface area (Å²) in [4.78, 5) is 0. The van der Waals surface area contributed by atoms with Crippen LogP contribution in [0.5, 0.6) is 0 Å². The van der Waals surface area contributed by atoms with Crippen LogP contribution in [0, 0.1) is 0 Å². The minimum absolute atomic E-state index is 0.532. The summed E-state index contributed by atoms with van der Waals surface area (Å²) in [6, 6.07) is 0. The van der Waals surface area contributed by atoms with E-state index in [1.807, 2.05) is 0 Å². The van der Waals surface area contributed by atoms with Crippen molar-refractivity contribution in [2.24, 2.45) is 0 Å². The van der Waals surface area contributed by atoms with Crippen LogP contribution < -0.4 is 0 Å². The van der Waals surface area contributed by atoms with Crippen LogP contribution in [0.4, 0.5) is 0 Å². The molecule has 0 radical (unpaired) electrons. The SMILES string of the molecule is CC1(C)CCCCN1[SiH3]. The van der Waals surface area contributed by atoms with Gasteiger partial charge >= 0.3 is 0 Å². The Balaban J connectivity index is 2.49. The second kappa shape index (κ2) is 2.43. The quantitative estimate of drug-likeness (QED) is 0.447. The molecule has 1 rings (SSSR count). The van der Waals surface area contributed by atoms with E-state index in [0.29, 0.717) is 5.54 Å². The first kappa shape index (κ1) is 7.29. The predicted octanol–water partition coefficient (Wildman–Crippen LogP) is 0.531. The fourth-order valence-corrected chi connectivity index (χ4v) is 1.94. The molecule has 0 bridgehead atoms. The average molecular weight is 143 g/mol. The first-order valence-corrected chi connectivity index (χ1v) is 4.74. The van der Waals surface area contributed by atoms with Gasteiger partial charge in [-0.15, -0.1) is 0 Å². The largest absolute Gasteiger partial charge is 0.327 e. The maximum Gasteiger partial charge on any atom is 0.0791 e. The summed E-state index contributed by atoms with van der Waals surface area (Å²) in [7, 11) is 1.24. The van der Waals surface area contributed by atoms with E-state index in [0.717, 1.165) is 0 Å². The van der Waals surface area contributed by atoms with E-state index in [9.17, 15) is 0 Å². The van der Waals surface area contributed by atoms with Gasteiger partial charge in [-0.3, -0.25) is 0 Å². The van der Waals surface area contributed by atoms with Crippen molar-refractivity contribution in [3.8, 4) is 0 Å². The molecule has 0 saturated carbocycles. The molecule has 1 aliphatic heterocycles. The molecule has 0 atom stereocenters. The second-order valence-corrected chi connectivity index (χ2v) is 4.77. The molecule has 0 aromatic heterocycles. The Morgan fingerprint density at radius 3 is 2.33 bits per heavy atom. The van der Waals surface area contributed by atoms with Crippen LogP contribution in [-0.4, -0.2) is 27.1 Å². The minimum atomic E-state index is 0.532. The molecule has 2 heteroatoms. The molecule has 0 aromatic carbocycles. The van der Waals surface area contributed by atoms with E-state index in [4.69, 9.17) is 0 Å². The lowest BCUT2D eigenvalue weighted by Gasteiger charge is -2.40. The van der Waals surface area contributed by atoms with Crippen molar-refractivity contribution < 1.29 is 0 Å². The number of piperidine rings is 1. The monoisotopic (exact) mass is 143 g/mol. The standard InChI is InChI=1S/C7H17NSi/c1-7(2)5-3-4-6-8(7)9/h3-6H2,1-2,9H3. The highest BCUT2D eigenvalue weighted by Crippen LogP contribution is 2.24. The maximum absolute atomic E-state index is 2.59. The Labute approximate surface area is 60.9 Å². The zero-order valence-electron chi connectivity index (χ0n) is 6.78. The van der Waals surface area contributed by atoms with Crippen molar-refractivity contribution in [2.75, 3.05) is 6.54 Å². The predicted molar refractivity (Wildman–Crippen MR) is 44.6 cm³/mol. The third kappa shape index (κ3) is 1.55. The first-order chi connectivity index (χ1) is 4.13. The molecule has 1 heterocycles. The van der Waals surface area contributed by atoms with E-state index < -0.39 is 0 Å². The molecule has 0 amide bonds. The van der Waals surface area contributed by atoms with Gasteiger partial charge in [0.15, 0.2) is 0 Å². The number of hydrogen-bond donors (Lipinski definition) is 0. The van der Waals surface area contributed by atoms with Crippen LogP contribution in [-0.2, 0) is 0 Å². The summed E-state index contributed by atoms with van der Waals surface area (Å²) in [5, 5.41) is 0. The maximum atomic E-state index is 2.59. The van der Waals surface area contributed by atoms with Crippen molar-refractivity contribution in [3.05, 3.63) is 0 Å². The topological polar surface area (TPSA) is 3.24 Å². The first-order valence-electron chi connectivity index (χ1n) is 3.84. The van der Waals surface area contributed by atoms with Gasteiger partial charge in [-0.25, -0.2) is 0 Å². The van der Waals surface area contributed by atoms with E-state index in [1.165, 1.54) is 36.2 Å². The Morgan fingerprint density at radius 2 is 2.00 bits per heavy atom. The van der Waals surface area contributed by atoms with Crippen LogP contribution in [0.25, 0.3) is 0 Å². The van der Waals surface area contributed by atoms with Crippen molar-refractivity contribution >= 4 is 10.4 Å². The van der Waals surface area contributed by atoms with Gasteiger partial charge in [0.25, 0.3) is 0 Å². The molecule has 0 unspecified atom stereocenters. The fourth-order valence-electron chi connectivity index (χ4n) is 1.40. The molecule has 0 aromatic rings. The van der Waals surface area contributed by atoms with Gasteiger partial charge in [0.05, 0.1) is 10.4 Å². The van der Waals surface area contributed by atoms with Gasteiger partial charge in [0.2, 0.25) is 0 Å². The lowest BCUT2D eigenvalue weighted by atomic mass is 9.93. The van der Waals surface area contributed by atoms with Crippen LogP contribution in [0.3, 0.4) is 0 Å². The average Bonchev–Trinajstić information content (AvgIpc) is 1.77. The van der Waals surface area contributed by atoms with E-state index in [1.54, 1.807) is 0 Å². The van der Waals surface area contributed by atoms with Crippen LogP contribution >= 0.6 is 0 Å². The van der Waals surface area contributed by atoms with E-state index >= 15 is 0 Å². The molecule has 0 spiro atoms. The lowest BCUT2D eigenvalue weighted by Crippen LogP contribution is -2.45. The molecular weight excluding hydrogens is 126 g/mol. The highest BCUT2D eigenvalue weighted by atomic mass is 28.2. The van der Waals surface area contributed by atoms with Crippen molar-refractivity contribution in [1.29, 1.82) is 0 Å². The molecule has 9 heavy (non-hydrogen) atoms. The molecule has 1 fully saturated rings. The zero-order chi connectivity index (χ0) is 6.91. The highest BCUT2D eigenvalue weighted by Gasteiger charge is 2.25. The second-order valence-electron chi connectivity index (χ2n) is 3.69. The Morgan fingerprint density at radius 1 is 1.33 bits per heavy atom. The molecule has 1 saturated heterocycles. The normalized spacial score (nSPS) is 28.7. The molecular formula is C7H17NSi. The third-order valence-corrected chi connectivity index (χ3v) is 4.22. The van der Waals surface area contributed by atoms with Gasteiger partial charge < -0.3 is 4.57 Å². The Bertz CT molecular complexity index is 101. The Kier molecular flexibility index (Phi) is 1.96.